The normalized spacial score (nSPS) is 16.0. The van der Waals surface area contributed by atoms with Crippen LogP contribution in [0.15, 0.2) is 30.6 Å². The van der Waals surface area contributed by atoms with Gasteiger partial charge in [0.05, 0.1) is 13.3 Å². The van der Waals surface area contributed by atoms with Gasteiger partial charge in [-0.05, 0) is 24.2 Å². The van der Waals surface area contributed by atoms with Crippen LogP contribution in [0.1, 0.15) is 18.1 Å². The molecule has 1 aliphatic rings. The lowest BCUT2D eigenvalue weighted by Crippen LogP contribution is -2.40. The van der Waals surface area contributed by atoms with Gasteiger partial charge in [-0.2, -0.15) is 16.9 Å². The van der Waals surface area contributed by atoms with Crippen LogP contribution in [0.25, 0.3) is 0 Å². The molecule has 0 bridgehead atoms. The molecule has 2 heterocycles. The molecule has 1 aliphatic heterocycles. The number of nitrogens with zero attached hydrogens (tertiary/aromatic N) is 4. The van der Waals surface area contributed by atoms with E-state index < -0.39 is 6.10 Å². The van der Waals surface area contributed by atoms with Crippen LogP contribution in [0.4, 0.5) is 0 Å². The van der Waals surface area contributed by atoms with Crippen molar-refractivity contribution in [3.8, 4) is 11.5 Å². The molecule has 1 atom stereocenters. The Balaban J connectivity index is 1.54. The Bertz CT molecular complexity index is 779. The van der Waals surface area contributed by atoms with E-state index in [9.17, 15) is 5.11 Å². The van der Waals surface area contributed by atoms with Crippen LogP contribution in [-0.2, 0) is 20.1 Å². The van der Waals surface area contributed by atoms with Gasteiger partial charge in [-0.1, -0.05) is 13.0 Å². The zero-order chi connectivity index (χ0) is 21.3. The molecule has 1 fully saturated rings. The summed E-state index contributed by atoms with van der Waals surface area (Å²) in [6.07, 6.45) is 3.45. The summed E-state index contributed by atoms with van der Waals surface area (Å²) in [5.41, 5.74) is 2.36. The molecule has 2 aromatic rings. The highest BCUT2D eigenvalue weighted by Crippen LogP contribution is 2.29. The van der Waals surface area contributed by atoms with Gasteiger partial charge < -0.3 is 14.6 Å². The first-order valence-electron chi connectivity index (χ1n) is 10.5. The topological polar surface area (TPSA) is 63.0 Å². The number of aliphatic hydroxyl groups excluding tert-OH is 1. The summed E-state index contributed by atoms with van der Waals surface area (Å²) < 4.78 is 13.3. The molecule has 0 amide bonds. The average Bonchev–Trinajstić information content (AvgIpc) is 3.17. The highest BCUT2D eigenvalue weighted by atomic mass is 32.2. The summed E-state index contributed by atoms with van der Waals surface area (Å²) in [4.78, 5) is 4.65. The van der Waals surface area contributed by atoms with Crippen molar-refractivity contribution >= 4 is 11.8 Å². The molecule has 0 spiro atoms. The summed E-state index contributed by atoms with van der Waals surface area (Å²) in [5, 5.41) is 14.6. The van der Waals surface area contributed by atoms with Crippen molar-refractivity contribution in [1.29, 1.82) is 0 Å². The summed E-state index contributed by atoms with van der Waals surface area (Å²) in [6, 6.07) is 6.03. The molecule has 1 aromatic carbocycles. The van der Waals surface area contributed by atoms with Gasteiger partial charge in [0.25, 0.3) is 0 Å². The molecular formula is C22H34N4O3S. The van der Waals surface area contributed by atoms with Crippen molar-refractivity contribution in [2.75, 3.05) is 51.4 Å². The van der Waals surface area contributed by atoms with E-state index in [0.29, 0.717) is 18.0 Å². The van der Waals surface area contributed by atoms with Crippen LogP contribution < -0.4 is 9.47 Å². The first-order chi connectivity index (χ1) is 14.6. The van der Waals surface area contributed by atoms with E-state index in [1.165, 1.54) is 5.56 Å². The number of hydrogen-bond acceptors (Lipinski definition) is 7. The van der Waals surface area contributed by atoms with E-state index in [0.717, 1.165) is 49.8 Å². The van der Waals surface area contributed by atoms with Crippen molar-refractivity contribution in [3.63, 3.8) is 0 Å². The van der Waals surface area contributed by atoms with Crippen molar-refractivity contribution in [1.82, 2.24) is 19.6 Å². The maximum Gasteiger partial charge on any atom is 0.161 e. The molecule has 1 unspecified atom stereocenters. The Hall–Kier alpha value is -1.74. The third-order valence-electron chi connectivity index (χ3n) is 5.25. The molecule has 0 saturated carbocycles. The first kappa shape index (κ1) is 22.9. The highest BCUT2D eigenvalue weighted by molar-refractivity contribution is 7.99. The lowest BCUT2D eigenvalue weighted by atomic mass is 10.1. The molecular weight excluding hydrogens is 400 g/mol. The van der Waals surface area contributed by atoms with Crippen LogP contribution in [0, 0.1) is 0 Å². The number of benzene rings is 1. The second kappa shape index (κ2) is 11.6. The number of aromatic nitrogens is 2. The van der Waals surface area contributed by atoms with E-state index in [2.05, 4.69) is 27.9 Å². The van der Waals surface area contributed by atoms with Crippen molar-refractivity contribution in [3.05, 3.63) is 41.7 Å². The summed E-state index contributed by atoms with van der Waals surface area (Å²) >= 11 is 1.97. The Morgan fingerprint density at radius 1 is 1.20 bits per heavy atom. The lowest BCUT2D eigenvalue weighted by molar-refractivity contribution is 0.0704. The SMILES string of the molecule is CCN(Cc1ccc(OCC(O)CN2CCSCC2)c(OC)c1)Cc1cnn(C)c1. The van der Waals surface area contributed by atoms with Crippen LogP contribution in [0.3, 0.4) is 0 Å². The van der Waals surface area contributed by atoms with Gasteiger partial charge in [0, 0.05) is 63.0 Å². The van der Waals surface area contributed by atoms with Gasteiger partial charge in [-0.15, -0.1) is 0 Å². The zero-order valence-corrected chi connectivity index (χ0v) is 19.1. The minimum atomic E-state index is -0.507. The second-order valence-corrected chi connectivity index (χ2v) is 8.91. The fourth-order valence-corrected chi connectivity index (χ4v) is 4.58. The molecule has 1 aromatic heterocycles. The van der Waals surface area contributed by atoms with Gasteiger partial charge >= 0.3 is 0 Å². The zero-order valence-electron chi connectivity index (χ0n) is 18.3. The van der Waals surface area contributed by atoms with Crippen molar-refractivity contribution < 1.29 is 14.6 Å². The smallest absolute Gasteiger partial charge is 0.161 e. The number of aliphatic hydroxyl groups is 1. The molecule has 0 radical (unpaired) electrons. The van der Waals surface area contributed by atoms with Crippen molar-refractivity contribution in [2.24, 2.45) is 7.05 Å². The molecule has 8 heteroatoms. The second-order valence-electron chi connectivity index (χ2n) is 7.69. The fourth-order valence-electron chi connectivity index (χ4n) is 3.60. The maximum absolute atomic E-state index is 10.3. The largest absolute Gasteiger partial charge is 0.493 e. The van der Waals surface area contributed by atoms with Gasteiger partial charge in [0.2, 0.25) is 0 Å². The molecule has 30 heavy (non-hydrogen) atoms. The Labute approximate surface area is 183 Å². The quantitative estimate of drug-likeness (QED) is 0.582. The number of hydrogen-bond donors (Lipinski definition) is 1. The van der Waals surface area contributed by atoms with Crippen LogP contribution in [-0.4, -0.2) is 82.2 Å². The average molecular weight is 435 g/mol. The number of thioether (sulfide) groups is 1. The summed E-state index contributed by atoms with van der Waals surface area (Å²) in [7, 11) is 3.59. The standard InChI is InChI=1S/C22H34N4O3S/c1-4-25(15-19-12-23-24(2)13-19)14-18-5-6-21(22(11-18)28-3)29-17-20(27)16-26-7-9-30-10-8-26/h5-6,11-13,20,27H,4,7-10,14-17H2,1-3H3. The predicted octanol–water partition coefficient (Wildman–Crippen LogP) is 2.24. The number of β-amino-alcohol motifs (C(OH)–C–C–N with tert-alkyl or cyclic N) is 1. The monoisotopic (exact) mass is 434 g/mol. The third kappa shape index (κ3) is 6.91. The van der Waals surface area contributed by atoms with E-state index in [-0.39, 0.29) is 6.61 Å². The summed E-state index contributed by atoms with van der Waals surface area (Å²) in [5.74, 6) is 3.65. The van der Waals surface area contributed by atoms with Crippen LogP contribution >= 0.6 is 11.8 Å². The Kier molecular flexibility index (Phi) is 8.87. The Morgan fingerprint density at radius 2 is 1.97 bits per heavy atom. The third-order valence-corrected chi connectivity index (χ3v) is 6.19. The molecule has 1 N–H and O–H groups in total. The Morgan fingerprint density at radius 3 is 2.63 bits per heavy atom. The molecule has 1 saturated heterocycles. The first-order valence-corrected chi connectivity index (χ1v) is 11.7. The number of aryl methyl sites for hydroxylation is 1. The van der Waals surface area contributed by atoms with E-state index in [1.54, 1.807) is 7.11 Å². The maximum atomic E-state index is 10.3. The predicted molar refractivity (Wildman–Crippen MR) is 121 cm³/mol. The van der Waals surface area contributed by atoms with Crippen LogP contribution in [0.5, 0.6) is 11.5 Å². The van der Waals surface area contributed by atoms with Gasteiger partial charge in [-0.3, -0.25) is 14.5 Å². The fraction of sp³-hybridized carbons (Fsp3) is 0.591. The molecule has 0 aliphatic carbocycles. The lowest BCUT2D eigenvalue weighted by Gasteiger charge is -2.28. The van der Waals surface area contributed by atoms with E-state index in [1.807, 2.05) is 48.0 Å². The number of methoxy groups -OCH3 is 1. The molecule has 3 rings (SSSR count). The van der Waals surface area contributed by atoms with Gasteiger partial charge in [0.1, 0.15) is 12.7 Å². The van der Waals surface area contributed by atoms with E-state index in [4.69, 9.17) is 9.47 Å². The number of ether oxygens (including phenoxy) is 2. The van der Waals surface area contributed by atoms with E-state index >= 15 is 0 Å². The molecule has 166 valence electrons. The number of rotatable bonds is 11. The van der Waals surface area contributed by atoms with Crippen LogP contribution in [0.2, 0.25) is 0 Å². The minimum Gasteiger partial charge on any atom is -0.493 e. The van der Waals surface area contributed by atoms with Gasteiger partial charge in [0.15, 0.2) is 11.5 Å². The minimum absolute atomic E-state index is 0.265. The van der Waals surface area contributed by atoms with Crippen molar-refractivity contribution in [2.45, 2.75) is 26.1 Å². The highest BCUT2D eigenvalue weighted by Gasteiger charge is 2.16. The van der Waals surface area contributed by atoms with Gasteiger partial charge in [-0.25, -0.2) is 0 Å². The molecule has 7 nitrogen and oxygen atoms in total. The summed E-state index contributed by atoms with van der Waals surface area (Å²) in [6.45, 7) is 7.76.